The van der Waals surface area contributed by atoms with Gasteiger partial charge in [-0.25, -0.2) is 13.2 Å². The Morgan fingerprint density at radius 3 is 2.42 bits per heavy atom. The van der Waals surface area contributed by atoms with Gasteiger partial charge < -0.3 is 15.4 Å². The van der Waals surface area contributed by atoms with E-state index in [1.807, 2.05) is 6.92 Å². The van der Waals surface area contributed by atoms with Crippen molar-refractivity contribution in [1.82, 2.24) is 9.62 Å². The summed E-state index contributed by atoms with van der Waals surface area (Å²) >= 11 is 1.36. The first kappa shape index (κ1) is 26.8. The molecule has 196 valence electrons. The maximum absolute atomic E-state index is 13.2. The number of ether oxygens (including phenoxy) is 1. The second-order valence-corrected chi connectivity index (χ2v) is 13.8. The Labute approximate surface area is 217 Å². The molecule has 1 aromatic heterocycles. The second kappa shape index (κ2) is 9.55. The van der Waals surface area contributed by atoms with Crippen molar-refractivity contribution in [3.05, 3.63) is 45.8 Å². The van der Waals surface area contributed by atoms with E-state index < -0.39 is 27.4 Å². The van der Waals surface area contributed by atoms with Crippen molar-refractivity contribution in [2.75, 3.05) is 19.0 Å². The van der Waals surface area contributed by atoms with Gasteiger partial charge in [-0.1, -0.05) is 6.42 Å². The number of esters is 1. The predicted molar refractivity (Wildman–Crippen MR) is 141 cm³/mol. The van der Waals surface area contributed by atoms with E-state index in [0.717, 1.165) is 29.7 Å². The molecule has 3 heterocycles. The highest BCUT2D eigenvalue weighted by Crippen LogP contribution is 2.45. The standard InChI is InChI=1S/C26H35N3O5S2/c1-16-9-7-8-14-29(16)36(32,33)18-12-10-17(11-13-18)22(30)27-23-20(24(31)34-6)19-15-25(2,3)28-26(4,5)21(19)35-23/h10-13,16,28H,7-9,14-15H2,1-6H3,(H,27,30)/t16-/m0/s1. The highest BCUT2D eigenvalue weighted by atomic mass is 32.2. The summed E-state index contributed by atoms with van der Waals surface area (Å²) < 4.78 is 32.8. The summed E-state index contributed by atoms with van der Waals surface area (Å²) in [7, 11) is -2.29. The molecule has 2 aliphatic heterocycles. The van der Waals surface area contributed by atoms with E-state index in [4.69, 9.17) is 4.74 Å². The van der Waals surface area contributed by atoms with E-state index in [-0.39, 0.29) is 16.5 Å². The number of fused-ring (bicyclic) bond motifs is 1. The number of anilines is 1. The van der Waals surface area contributed by atoms with E-state index in [1.54, 1.807) is 4.31 Å². The van der Waals surface area contributed by atoms with Crippen LogP contribution in [0.3, 0.4) is 0 Å². The Morgan fingerprint density at radius 2 is 1.81 bits per heavy atom. The lowest BCUT2D eigenvalue weighted by atomic mass is 9.81. The van der Waals surface area contributed by atoms with Crippen LogP contribution in [0.1, 0.15) is 85.0 Å². The molecule has 1 saturated heterocycles. The first-order valence-electron chi connectivity index (χ1n) is 12.2. The van der Waals surface area contributed by atoms with Crippen LogP contribution in [-0.2, 0) is 26.7 Å². The van der Waals surface area contributed by atoms with E-state index >= 15 is 0 Å². The molecule has 0 radical (unpaired) electrons. The van der Waals surface area contributed by atoms with Crippen LogP contribution in [0.2, 0.25) is 0 Å². The average Bonchev–Trinajstić information content (AvgIpc) is 3.15. The quantitative estimate of drug-likeness (QED) is 0.548. The largest absolute Gasteiger partial charge is 0.465 e. The number of thiophene rings is 1. The van der Waals surface area contributed by atoms with Gasteiger partial charge in [0.1, 0.15) is 5.00 Å². The van der Waals surface area contributed by atoms with E-state index in [0.29, 0.717) is 29.1 Å². The van der Waals surface area contributed by atoms with Crippen molar-refractivity contribution in [3.63, 3.8) is 0 Å². The van der Waals surface area contributed by atoms with Crippen LogP contribution < -0.4 is 10.6 Å². The van der Waals surface area contributed by atoms with Crippen molar-refractivity contribution in [2.24, 2.45) is 0 Å². The van der Waals surface area contributed by atoms with Crippen molar-refractivity contribution < 1.29 is 22.7 Å². The third-order valence-corrected chi connectivity index (χ3v) is 10.4. The molecule has 0 saturated carbocycles. The minimum atomic E-state index is -3.62. The molecule has 1 aromatic carbocycles. The highest BCUT2D eigenvalue weighted by molar-refractivity contribution is 7.89. The van der Waals surface area contributed by atoms with E-state index in [2.05, 4.69) is 38.3 Å². The molecule has 2 N–H and O–H groups in total. The molecule has 2 aromatic rings. The summed E-state index contributed by atoms with van der Waals surface area (Å²) in [4.78, 5) is 27.1. The Kier molecular flexibility index (Phi) is 7.11. The van der Waals surface area contributed by atoms with Crippen LogP contribution >= 0.6 is 11.3 Å². The molecule has 1 atom stereocenters. The fourth-order valence-electron chi connectivity index (χ4n) is 5.45. The van der Waals surface area contributed by atoms with Gasteiger partial charge in [-0.15, -0.1) is 11.3 Å². The summed E-state index contributed by atoms with van der Waals surface area (Å²) in [6.07, 6.45) is 3.33. The number of benzene rings is 1. The Balaban J connectivity index is 1.62. The molecule has 4 rings (SSSR count). The third kappa shape index (κ3) is 4.96. The van der Waals surface area contributed by atoms with Gasteiger partial charge in [-0.2, -0.15) is 4.31 Å². The number of hydrogen-bond acceptors (Lipinski definition) is 7. The number of sulfonamides is 1. The highest BCUT2D eigenvalue weighted by Gasteiger charge is 2.42. The number of nitrogens with zero attached hydrogens (tertiary/aromatic N) is 1. The maximum Gasteiger partial charge on any atom is 0.341 e. The molecule has 0 aliphatic carbocycles. The second-order valence-electron chi connectivity index (χ2n) is 10.9. The van der Waals surface area contributed by atoms with Gasteiger partial charge >= 0.3 is 5.97 Å². The van der Waals surface area contributed by atoms with Crippen LogP contribution in [0.15, 0.2) is 29.2 Å². The molecule has 0 unspecified atom stereocenters. The van der Waals surface area contributed by atoms with Gasteiger partial charge in [-0.3, -0.25) is 4.79 Å². The van der Waals surface area contributed by atoms with Gasteiger partial charge in [0.15, 0.2) is 0 Å². The number of hydrogen-bond donors (Lipinski definition) is 2. The lowest BCUT2D eigenvalue weighted by Crippen LogP contribution is -2.55. The van der Waals surface area contributed by atoms with Crippen molar-refractivity contribution in [1.29, 1.82) is 0 Å². The molecule has 8 nitrogen and oxygen atoms in total. The van der Waals surface area contributed by atoms with Crippen LogP contribution in [0.25, 0.3) is 0 Å². The molecule has 36 heavy (non-hydrogen) atoms. The normalized spacial score (nSPS) is 21.4. The lowest BCUT2D eigenvalue weighted by molar-refractivity contribution is 0.0600. The number of rotatable bonds is 5. The molecule has 2 aliphatic rings. The predicted octanol–water partition coefficient (Wildman–Crippen LogP) is 4.51. The number of carbonyl (C=O) groups excluding carboxylic acids is 2. The summed E-state index contributed by atoms with van der Waals surface area (Å²) in [6, 6.07) is 5.92. The zero-order valence-corrected chi connectivity index (χ0v) is 23.4. The first-order chi connectivity index (χ1) is 16.8. The average molecular weight is 534 g/mol. The smallest absolute Gasteiger partial charge is 0.341 e. The first-order valence-corrected chi connectivity index (χ1v) is 14.5. The van der Waals surface area contributed by atoms with Gasteiger partial charge in [0, 0.05) is 34.1 Å². The number of nitrogens with one attached hydrogen (secondary N) is 2. The minimum Gasteiger partial charge on any atom is -0.465 e. The molecule has 1 amide bonds. The van der Waals surface area contributed by atoms with Crippen molar-refractivity contribution in [3.8, 4) is 0 Å². The van der Waals surface area contributed by atoms with Gasteiger partial charge in [0.05, 0.1) is 17.6 Å². The molecule has 0 bridgehead atoms. The molecule has 0 spiro atoms. The summed E-state index contributed by atoms with van der Waals surface area (Å²) in [5.41, 5.74) is 0.935. The monoisotopic (exact) mass is 533 g/mol. The molecular weight excluding hydrogens is 498 g/mol. The van der Waals surface area contributed by atoms with Gasteiger partial charge in [-0.05, 0) is 83.7 Å². The van der Waals surface area contributed by atoms with Crippen molar-refractivity contribution >= 4 is 38.2 Å². The topological polar surface area (TPSA) is 105 Å². The number of amides is 1. The molecule has 10 heteroatoms. The fraction of sp³-hybridized carbons (Fsp3) is 0.538. The summed E-state index contributed by atoms with van der Waals surface area (Å²) in [5.74, 6) is -0.910. The zero-order valence-electron chi connectivity index (χ0n) is 21.7. The van der Waals surface area contributed by atoms with Crippen LogP contribution in [0, 0.1) is 0 Å². The van der Waals surface area contributed by atoms with Crippen LogP contribution in [-0.4, -0.2) is 49.8 Å². The Hall–Kier alpha value is -2.27. The third-order valence-electron chi connectivity index (χ3n) is 6.93. The van der Waals surface area contributed by atoms with E-state index in [9.17, 15) is 18.0 Å². The fourth-order valence-corrected chi connectivity index (χ4v) is 8.41. The number of methoxy groups -OCH3 is 1. The maximum atomic E-state index is 13.2. The number of piperidine rings is 1. The Bertz CT molecular complexity index is 1280. The minimum absolute atomic E-state index is 0.0444. The van der Waals surface area contributed by atoms with Gasteiger partial charge in [0.2, 0.25) is 10.0 Å². The summed E-state index contributed by atoms with van der Waals surface area (Å²) in [5, 5.41) is 6.92. The molecule has 1 fully saturated rings. The SMILES string of the molecule is COC(=O)c1c(NC(=O)c2ccc(S(=O)(=O)N3CCCC[C@@H]3C)cc2)sc2c1CC(C)(C)NC2(C)C. The van der Waals surface area contributed by atoms with Gasteiger partial charge in [0.25, 0.3) is 5.91 Å². The summed E-state index contributed by atoms with van der Waals surface area (Å²) in [6.45, 7) is 10.7. The zero-order chi connectivity index (χ0) is 26.5. The van der Waals surface area contributed by atoms with Crippen molar-refractivity contribution in [2.45, 2.75) is 82.3 Å². The molecular formula is C26H35N3O5S2. The number of carbonyl (C=O) groups is 2. The van der Waals surface area contributed by atoms with Crippen LogP contribution in [0.4, 0.5) is 5.00 Å². The van der Waals surface area contributed by atoms with Crippen LogP contribution in [0.5, 0.6) is 0 Å². The van der Waals surface area contributed by atoms with E-state index in [1.165, 1.54) is 42.7 Å². The Morgan fingerprint density at radius 1 is 1.14 bits per heavy atom. The lowest BCUT2D eigenvalue weighted by Gasteiger charge is -2.42.